The first kappa shape index (κ1) is 15.6. The number of anilines is 1. The minimum atomic E-state index is 0.0151. The Labute approximate surface area is 147 Å². The molecule has 2 aliphatic heterocycles. The fourth-order valence-corrected chi connectivity index (χ4v) is 4.10. The number of likely N-dealkylation sites (tertiary alicyclic amines) is 1. The molecule has 2 aliphatic rings. The van der Waals surface area contributed by atoms with Crippen molar-refractivity contribution in [1.29, 1.82) is 0 Å². The largest absolute Gasteiger partial charge is 0.306 e. The zero-order valence-electron chi connectivity index (χ0n) is 13.9. The molecule has 24 heavy (non-hydrogen) atoms. The molecule has 0 unspecified atom stereocenters. The average Bonchev–Trinajstić information content (AvgIpc) is 2.88. The Morgan fingerprint density at radius 3 is 2.88 bits per heavy atom. The Balaban J connectivity index is 1.77. The van der Waals surface area contributed by atoms with Gasteiger partial charge in [-0.15, -0.1) is 0 Å². The lowest BCUT2D eigenvalue weighted by molar-refractivity contribution is 0.0964. The number of aromatic nitrogens is 1. The molecule has 0 spiro atoms. The Morgan fingerprint density at radius 2 is 2.12 bits per heavy atom. The van der Waals surface area contributed by atoms with E-state index in [0.29, 0.717) is 16.6 Å². The Hall–Kier alpha value is -1.91. The first-order valence-corrected chi connectivity index (χ1v) is 8.66. The van der Waals surface area contributed by atoms with Crippen molar-refractivity contribution in [3.63, 3.8) is 0 Å². The molecular weight excluding hydrogens is 322 g/mol. The number of aryl methyl sites for hydroxylation is 1. The number of amides is 1. The van der Waals surface area contributed by atoms with Crippen LogP contribution >= 0.6 is 11.6 Å². The third-order valence-electron chi connectivity index (χ3n) is 5.15. The van der Waals surface area contributed by atoms with Crippen LogP contribution in [0.25, 0.3) is 0 Å². The van der Waals surface area contributed by atoms with Gasteiger partial charge in [-0.1, -0.05) is 29.3 Å². The van der Waals surface area contributed by atoms with Gasteiger partial charge in [0.05, 0.1) is 5.56 Å². The van der Waals surface area contributed by atoms with Crippen LogP contribution in [0.5, 0.6) is 0 Å². The molecule has 0 aliphatic carbocycles. The lowest BCUT2D eigenvalue weighted by Gasteiger charge is -2.36. The van der Waals surface area contributed by atoms with Crippen LogP contribution in [0, 0.1) is 6.92 Å². The SMILES string of the molecule is Cc1ccc2c(c1)[C@H]1CN(C)CC[C@@H]1N2C(=O)c1ccc(Cl)nc1. The summed E-state index contributed by atoms with van der Waals surface area (Å²) in [7, 11) is 2.15. The Bertz CT molecular complexity index is 790. The highest BCUT2D eigenvalue weighted by Crippen LogP contribution is 2.45. The molecule has 4 nitrogen and oxygen atoms in total. The van der Waals surface area contributed by atoms with Gasteiger partial charge in [0.25, 0.3) is 5.91 Å². The van der Waals surface area contributed by atoms with Gasteiger partial charge in [0.2, 0.25) is 0 Å². The van der Waals surface area contributed by atoms with Crippen LogP contribution in [-0.2, 0) is 0 Å². The van der Waals surface area contributed by atoms with Crippen molar-refractivity contribution in [2.45, 2.75) is 25.3 Å². The predicted octanol–water partition coefficient (Wildman–Crippen LogP) is 3.49. The van der Waals surface area contributed by atoms with Crippen LogP contribution in [-0.4, -0.2) is 42.0 Å². The van der Waals surface area contributed by atoms with E-state index in [4.69, 9.17) is 11.6 Å². The number of carbonyl (C=O) groups excluding carboxylic acids is 1. The number of fused-ring (bicyclic) bond motifs is 3. The van der Waals surface area contributed by atoms with Crippen LogP contribution in [0.4, 0.5) is 5.69 Å². The maximum atomic E-state index is 13.2. The van der Waals surface area contributed by atoms with E-state index in [1.807, 2.05) is 4.90 Å². The molecule has 5 heteroatoms. The van der Waals surface area contributed by atoms with Gasteiger partial charge >= 0.3 is 0 Å². The van der Waals surface area contributed by atoms with Crippen molar-refractivity contribution in [3.05, 3.63) is 58.4 Å². The van der Waals surface area contributed by atoms with E-state index in [1.165, 1.54) is 11.1 Å². The Kier molecular flexibility index (Phi) is 3.82. The topological polar surface area (TPSA) is 36.4 Å². The van der Waals surface area contributed by atoms with Crippen molar-refractivity contribution in [3.8, 4) is 0 Å². The number of benzene rings is 1. The first-order chi connectivity index (χ1) is 11.5. The summed E-state index contributed by atoms with van der Waals surface area (Å²) in [6.45, 7) is 4.11. The second-order valence-electron chi connectivity index (χ2n) is 6.83. The molecule has 0 radical (unpaired) electrons. The number of nitrogens with zero attached hydrogens (tertiary/aromatic N) is 3. The highest BCUT2D eigenvalue weighted by molar-refractivity contribution is 6.29. The predicted molar refractivity (Wildman–Crippen MR) is 95.9 cm³/mol. The molecular formula is C19H20ClN3O. The lowest BCUT2D eigenvalue weighted by atomic mass is 9.89. The highest BCUT2D eigenvalue weighted by Gasteiger charge is 2.44. The van der Waals surface area contributed by atoms with E-state index in [0.717, 1.165) is 25.2 Å². The smallest absolute Gasteiger partial charge is 0.260 e. The van der Waals surface area contributed by atoms with Gasteiger partial charge in [-0.05, 0) is 50.7 Å². The number of rotatable bonds is 1. The summed E-state index contributed by atoms with van der Waals surface area (Å²) in [4.78, 5) is 21.6. The van der Waals surface area contributed by atoms with Gasteiger partial charge in [-0.2, -0.15) is 0 Å². The summed E-state index contributed by atoms with van der Waals surface area (Å²) in [5, 5.41) is 0.404. The fourth-order valence-electron chi connectivity index (χ4n) is 3.99. The van der Waals surface area contributed by atoms with Gasteiger partial charge in [0.15, 0.2) is 0 Å². The van der Waals surface area contributed by atoms with E-state index in [9.17, 15) is 4.79 Å². The molecule has 3 heterocycles. The third kappa shape index (κ3) is 2.50. The van der Waals surface area contributed by atoms with Gasteiger partial charge in [-0.3, -0.25) is 4.79 Å². The number of hydrogen-bond acceptors (Lipinski definition) is 3. The number of piperidine rings is 1. The van der Waals surface area contributed by atoms with Gasteiger partial charge in [0, 0.05) is 30.4 Å². The summed E-state index contributed by atoms with van der Waals surface area (Å²) in [6, 6.07) is 10.1. The molecule has 2 atom stereocenters. The molecule has 1 fully saturated rings. The monoisotopic (exact) mass is 341 g/mol. The van der Waals surface area contributed by atoms with Crippen molar-refractivity contribution >= 4 is 23.2 Å². The van der Waals surface area contributed by atoms with Crippen LogP contribution in [0.1, 0.15) is 33.8 Å². The summed E-state index contributed by atoms with van der Waals surface area (Å²) in [6.07, 6.45) is 2.56. The molecule has 2 aromatic rings. The van der Waals surface area contributed by atoms with Crippen molar-refractivity contribution < 1.29 is 4.79 Å². The number of carbonyl (C=O) groups is 1. The molecule has 124 valence electrons. The van der Waals surface area contributed by atoms with Crippen LogP contribution in [0.15, 0.2) is 36.5 Å². The zero-order valence-corrected chi connectivity index (χ0v) is 14.6. The van der Waals surface area contributed by atoms with Crippen molar-refractivity contribution in [1.82, 2.24) is 9.88 Å². The van der Waals surface area contributed by atoms with Crippen LogP contribution in [0.3, 0.4) is 0 Å². The second kappa shape index (κ2) is 5.87. The standard InChI is InChI=1S/C19H20ClN3O/c1-12-3-5-16-14(9-12)15-11-22(2)8-7-17(15)23(16)19(24)13-4-6-18(20)21-10-13/h3-6,9-10,15,17H,7-8,11H2,1-2H3/t15-,17+/m1/s1. The van der Waals surface area contributed by atoms with Crippen molar-refractivity contribution in [2.24, 2.45) is 0 Å². The van der Waals surface area contributed by atoms with E-state index < -0.39 is 0 Å². The molecule has 1 amide bonds. The molecule has 0 bridgehead atoms. The average molecular weight is 342 g/mol. The third-order valence-corrected chi connectivity index (χ3v) is 5.37. The molecule has 4 rings (SSSR count). The van der Waals surface area contributed by atoms with Gasteiger partial charge in [0.1, 0.15) is 5.15 Å². The van der Waals surface area contributed by atoms with Crippen LogP contribution < -0.4 is 4.90 Å². The minimum absolute atomic E-state index is 0.0151. The maximum Gasteiger partial charge on any atom is 0.260 e. The lowest BCUT2D eigenvalue weighted by Crippen LogP contribution is -2.47. The van der Waals surface area contributed by atoms with E-state index in [-0.39, 0.29) is 11.9 Å². The zero-order chi connectivity index (χ0) is 16.8. The number of hydrogen-bond donors (Lipinski definition) is 0. The second-order valence-corrected chi connectivity index (χ2v) is 7.22. The normalized spacial score (nSPS) is 23.0. The summed E-state index contributed by atoms with van der Waals surface area (Å²) in [5.74, 6) is 0.393. The first-order valence-electron chi connectivity index (χ1n) is 8.29. The summed E-state index contributed by atoms with van der Waals surface area (Å²) >= 11 is 5.86. The summed E-state index contributed by atoms with van der Waals surface area (Å²) < 4.78 is 0. The van der Waals surface area contributed by atoms with Crippen molar-refractivity contribution in [2.75, 3.05) is 25.0 Å². The Morgan fingerprint density at radius 1 is 1.29 bits per heavy atom. The molecule has 1 saturated heterocycles. The highest BCUT2D eigenvalue weighted by atomic mass is 35.5. The van der Waals surface area contributed by atoms with E-state index >= 15 is 0 Å². The van der Waals surface area contributed by atoms with E-state index in [2.05, 4.69) is 42.1 Å². The summed E-state index contributed by atoms with van der Waals surface area (Å²) in [5.41, 5.74) is 4.17. The number of pyridine rings is 1. The van der Waals surface area contributed by atoms with Gasteiger partial charge < -0.3 is 9.80 Å². The molecule has 0 saturated carbocycles. The minimum Gasteiger partial charge on any atom is -0.306 e. The number of halogens is 1. The molecule has 1 aromatic carbocycles. The van der Waals surface area contributed by atoms with E-state index in [1.54, 1.807) is 18.3 Å². The fraction of sp³-hybridized carbons (Fsp3) is 0.368. The molecule has 1 aromatic heterocycles. The maximum absolute atomic E-state index is 13.2. The van der Waals surface area contributed by atoms with Crippen LogP contribution in [0.2, 0.25) is 5.15 Å². The van der Waals surface area contributed by atoms with Gasteiger partial charge in [-0.25, -0.2) is 4.98 Å². The molecule has 0 N–H and O–H groups in total. The quantitative estimate of drug-likeness (QED) is 0.745. The number of likely N-dealkylation sites (N-methyl/N-ethyl adjacent to an activating group) is 1.